The number of ether oxygens (including phenoxy) is 1. The first kappa shape index (κ1) is 22.3. The first-order valence-corrected chi connectivity index (χ1v) is 10.9. The van der Waals surface area contributed by atoms with Crippen LogP contribution in [-0.4, -0.2) is 41.0 Å². The van der Waals surface area contributed by atoms with Crippen LogP contribution < -0.4 is 0 Å². The highest BCUT2D eigenvalue weighted by Crippen LogP contribution is 2.33. The summed E-state index contributed by atoms with van der Waals surface area (Å²) in [6.07, 6.45) is 0. The van der Waals surface area contributed by atoms with E-state index in [0.717, 1.165) is 4.68 Å². The van der Waals surface area contributed by atoms with Gasteiger partial charge in [-0.1, -0.05) is 60.7 Å². The normalized spacial score (nSPS) is 14.5. The fourth-order valence-electron chi connectivity index (χ4n) is 4.09. The van der Waals surface area contributed by atoms with Gasteiger partial charge in [-0.25, -0.2) is 22.2 Å². The summed E-state index contributed by atoms with van der Waals surface area (Å²) < 4.78 is 67.1. The van der Waals surface area contributed by atoms with Crippen molar-refractivity contribution in [3.63, 3.8) is 0 Å². The van der Waals surface area contributed by atoms with Crippen LogP contribution >= 0.6 is 0 Å². The lowest BCUT2D eigenvalue weighted by Gasteiger charge is -2.27. The van der Waals surface area contributed by atoms with Crippen LogP contribution in [0.4, 0.5) is 17.6 Å². The van der Waals surface area contributed by atoms with Gasteiger partial charge >= 0.3 is 0 Å². The van der Waals surface area contributed by atoms with Gasteiger partial charge in [0.25, 0.3) is 0 Å². The summed E-state index contributed by atoms with van der Waals surface area (Å²) in [5.74, 6) is -5.81. The molecule has 1 saturated heterocycles. The zero-order valence-corrected chi connectivity index (χ0v) is 18.1. The maximum atomic E-state index is 15.4. The third-order valence-corrected chi connectivity index (χ3v) is 5.88. The van der Waals surface area contributed by atoms with E-state index >= 15 is 17.6 Å². The SMILES string of the molecule is Fc1c(F)c(-n2nc(-c3ccccc3)cc2-c2ccccc2)c(F)c(F)c1CN1CCOCC1. The number of halogens is 4. The number of nitrogens with zero attached hydrogens (tertiary/aromatic N) is 3. The van der Waals surface area contributed by atoms with Crippen molar-refractivity contribution in [1.29, 1.82) is 0 Å². The number of aromatic nitrogens is 2. The average Bonchev–Trinajstić information content (AvgIpc) is 3.32. The number of benzene rings is 3. The summed E-state index contributed by atoms with van der Waals surface area (Å²) >= 11 is 0. The largest absolute Gasteiger partial charge is 0.379 e. The average molecular weight is 467 g/mol. The van der Waals surface area contributed by atoms with E-state index in [1.807, 2.05) is 6.07 Å². The summed E-state index contributed by atoms with van der Waals surface area (Å²) in [6, 6.07) is 19.4. The molecular weight excluding hydrogens is 446 g/mol. The van der Waals surface area contributed by atoms with Crippen LogP contribution in [0.25, 0.3) is 28.2 Å². The number of rotatable bonds is 5. The van der Waals surface area contributed by atoms with E-state index in [1.54, 1.807) is 65.6 Å². The molecule has 34 heavy (non-hydrogen) atoms. The van der Waals surface area contributed by atoms with Crippen LogP contribution in [-0.2, 0) is 11.3 Å². The molecule has 0 unspecified atom stereocenters. The molecule has 0 spiro atoms. The second-order valence-electron chi connectivity index (χ2n) is 8.03. The first-order valence-electron chi connectivity index (χ1n) is 10.9. The molecule has 0 atom stereocenters. The van der Waals surface area contributed by atoms with Gasteiger partial charge in [0.15, 0.2) is 23.3 Å². The van der Waals surface area contributed by atoms with Crippen LogP contribution in [0.3, 0.4) is 0 Å². The third kappa shape index (κ3) is 4.10. The first-order chi connectivity index (χ1) is 16.5. The van der Waals surface area contributed by atoms with Crippen molar-refractivity contribution in [2.75, 3.05) is 26.3 Å². The molecule has 2 heterocycles. The molecule has 0 amide bonds. The molecule has 5 rings (SSSR count). The summed E-state index contributed by atoms with van der Waals surface area (Å²) in [5, 5.41) is 4.35. The Balaban J connectivity index is 1.66. The van der Waals surface area contributed by atoms with Crippen LogP contribution in [0, 0.1) is 23.3 Å². The Labute approximate surface area is 194 Å². The molecule has 0 aliphatic carbocycles. The van der Waals surface area contributed by atoms with Gasteiger partial charge in [-0.15, -0.1) is 0 Å². The molecule has 1 aromatic heterocycles. The van der Waals surface area contributed by atoms with Crippen LogP contribution in [0.5, 0.6) is 0 Å². The molecule has 1 fully saturated rings. The summed E-state index contributed by atoms with van der Waals surface area (Å²) in [6.45, 7) is 1.36. The van der Waals surface area contributed by atoms with E-state index in [2.05, 4.69) is 5.10 Å². The number of morpholine rings is 1. The molecule has 0 radical (unpaired) electrons. The van der Waals surface area contributed by atoms with E-state index in [9.17, 15) is 0 Å². The topological polar surface area (TPSA) is 30.3 Å². The van der Waals surface area contributed by atoms with E-state index in [4.69, 9.17) is 4.74 Å². The van der Waals surface area contributed by atoms with Gasteiger partial charge in [0, 0.05) is 36.3 Å². The Morgan fingerprint density at radius 3 is 1.88 bits per heavy atom. The number of hydrogen-bond acceptors (Lipinski definition) is 3. The Kier molecular flexibility index (Phi) is 6.17. The zero-order chi connectivity index (χ0) is 23.7. The lowest BCUT2D eigenvalue weighted by Crippen LogP contribution is -2.36. The number of hydrogen-bond donors (Lipinski definition) is 0. The summed E-state index contributed by atoms with van der Waals surface area (Å²) in [7, 11) is 0. The van der Waals surface area contributed by atoms with Crippen molar-refractivity contribution >= 4 is 0 Å². The lowest BCUT2D eigenvalue weighted by molar-refractivity contribution is 0.0330. The van der Waals surface area contributed by atoms with Crippen LogP contribution in [0.2, 0.25) is 0 Å². The predicted molar refractivity (Wildman–Crippen MR) is 120 cm³/mol. The second-order valence-corrected chi connectivity index (χ2v) is 8.03. The van der Waals surface area contributed by atoms with Crippen molar-refractivity contribution in [2.45, 2.75) is 6.54 Å². The molecular formula is C26H21F4N3O. The van der Waals surface area contributed by atoms with Crippen molar-refractivity contribution in [3.05, 3.63) is 95.6 Å². The van der Waals surface area contributed by atoms with Crippen molar-refractivity contribution in [1.82, 2.24) is 14.7 Å². The fourth-order valence-corrected chi connectivity index (χ4v) is 4.09. The minimum Gasteiger partial charge on any atom is -0.379 e. The van der Waals surface area contributed by atoms with Gasteiger partial charge in [-0.3, -0.25) is 4.90 Å². The van der Waals surface area contributed by atoms with E-state index in [-0.39, 0.29) is 6.54 Å². The smallest absolute Gasteiger partial charge is 0.188 e. The Hall–Kier alpha value is -3.49. The van der Waals surface area contributed by atoms with Crippen LogP contribution in [0.15, 0.2) is 66.7 Å². The van der Waals surface area contributed by atoms with Gasteiger partial charge in [-0.2, -0.15) is 5.10 Å². The zero-order valence-electron chi connectivity index (χ0n) is 18.1. The molecule has 8 heteroatoms. The molecule has 0 saturated carbocycles. The summed E-state index contributed by atoms with van der Waals surface area (Å²) in [4.78, 5) is 1.69. The Morgan fingerprint density at radius 1 is 0.735 bits per heavy atom. The van der Waals surface area contributed by atoms with Crippen LogP contribution in [0.1, 0.15) is 5.56 Å². The Morgan fingerprint density at radius 2 is 1.29 bits per heavy atom. The highest BCUT2D eigenvalue weighted by molar-refractivity contribution is 5.70. The monoisotopic (exact) mass is 467 g/mol. The predicted octanol–water partition coefficient (Wildman–Crippen LogP) is 5.59. The van der Waals surface area contributed by atoms with E-state index in [1.165, 1.54) is 0 Å². The molecule has 1 aliphatic heterocycles. The molecule has 4 nitrogen and oxygen atoms in total. The minimum absolute atomic E-state index is 0.255. The molecule has 0 bridgehead atoms. The molecule has 1 aliphatic rings. The van der Waals surface area contributed by atoms with Gasteiger partial charge < -0.3 is 4.74 Å². The fraction of sp³-hybridized carbons (Fsp3) is 0.192. The Bertz CT molecular complexity index is 1270. The third-order valence-electron chi connectivity index (χ3n) is 5.88. The van der Waals surface area contributed by atoms with Gasteiger partial charge in [0.2, 0.25) is 0 Å². The highest BCUT2D eigenvalue weighted by atomic mass is 19.2. The maximum absolute atomic E-state index is 15.4. The van der Waals surface area contributed by atoms with Crippen molar-refractivity contribution in [2.24, 2.45) is 0 Å². The van der Waals surface area contributed by atoms with Crippen molar-refractivity contribution < 1.29 is 22.3 Å². The van der Waals surface area contributed by atoms with Gasteiger partial charge in [0.1, 0.15) is 5.69 Å². The standard InChI is InChI=1S/C26H21F4N3O/c27-22-19(16-32-11-13-34-14-12-32)23(28)25(30)26(24(22)29)33-21(18-9-5-2-6-10-18)15-20(31-33)17-7-3-1-4-8-17/h1-10,15H,11-14,16H2. The minimum atomic E-state index is -1.48. The lowest BCUT2D eigenvalue weighted by atomic mass is 10.1. The van der Waals surface area contributed by atoms with Gasteiger partial charge in [0.05, 0.1) is 24.6 Å². The highest BCUT2D eigenvalue weighted by Gasteiger charge is 2.30. The molecule has 3 aromatic carbocycles. The molecule has 4 aromatic rings. The van der Waals surface area contributed by atoms with Gasteiger partial charge in [-0.05, 0) is 6.07 Å². The quantitative estimate of drug-likeness (QED) is 0.283. The van der Waals surface area contributed by atoms with Crippen molar-refractivity contribution in [3.8, 4) is 28.2 Å². The molecule has 0 N–H and O–H groups in total. The van der Waals surface area contributed by atoms with E-state index in [0.29, 0.717) is 48.8 Å². The maximum Gasteiger partial charge on any atom is 0.188 e. The van der Waals surface area contributed by atoms with E-state index < -0.39 is 34.5 Å². The molecule has 174 valence electrons. The summed E-state index contributed by atoms with van der Waals surface area (Å²) in [5.41, 5.74) is 0.478. The second kappa shape index (κ2) is 9.40.